The Kier molecular flexibility index (Phi) is 7.86. The van der Waals surface area contributed by atoms with Crippen LogP contribution in [0.15, 0.2) is 48.5 Å². The summed E-state index contributed by atoms with van der Waals surface area (Å²) in [5.74, 6) is 0.561. The molecular formula is C24H23F6N3O2S. The van der Waals surface area contributed by atoms with E-state index in [1.54, 1.807) is 0 Å². The molecule has 1 saturated heterocycles. The molecular weight excluding hydrogens is 508 g/mol. The third-order valence-corrected chi connectivity index (χ3v) is 6.62. The molecule has 1 aromatic heterocycles. The van der Waals surface area contributed by atoms with Gasteiger partial charge in [0.2, 0.25) is 0 Å². The normalized spacial score (nSPS) is 19.4. The minimum atomic E-state index is -4.91. The van der Waals surface area contributed by atoms with Crippen LogP contribution < -0.4 is 4.74 Å². The van der Waals surface area contributed by atoms with E-state index in [0.29, 0.717) is 42.7 Å². The molecule has 0 radical (unpaired) electrons. The number of rotatable bonds is 7. The van der Waals surface area contributed by atoms with Gasteiger partial charge in [0.15, 0.2) is 5.82 Å². The summed E-state index contributed by atoms with van der Waals surface area (Å²) in [6, 6.07) is 10.7. The van der Waals surface area contributed by atoms with Gasteiger partial charge in [-0.2, -0.15) is 35.7 Å². The fourth-order valence-electron chi connectivity index (χ4n) is 4.33. The number of hydrogen-bond acceptors (Lipinski definition) is 6. The molecule has 4 rings (SSSR count). The fraction of sp³-hybridized carbons (Fsp3) is 0.417. The van der Waals surface area contributed by atoms with Crippen LogP contribution >= 0.6 is 11.5 Å². The van der Waals surface area contributed by atoms with Gasteiger partial charge in [0.1, 0.15) is 0 Å². The number of benzene rings is 2. The Bertz CT molecular complexity index is 1120. The van der Waals surface area contributed by atoms with Gasteiger partial charge in [-0.3, -0.25) is 4.90 Å². The quantitative estimate of drug-likeness (QED) is 0.326. The van der Waals surface area contributed by atoms with E-state index in [1.807, 2.05) is 30.3 Å². The Morgan fingerprint density at radius 3 is 2.25 bits per heavy atom. The van der Waals surface area contributed by atoms with Crippen molar-refractivity contribution in [3.05, 3.63) is 76.6 Å². The number of likely N-dealkylation sites (tertiary alicyclic amines) is 1. The second-order valence-corrected chi connectivity index (χ2v) is 9.13. The van der Waals surface area contributed by atoms with Gasteiger partial charge >= 0.3 is 12.4 Å². The average Bonchev–Trinajstić information content (AvgIpc) is 3.29. The smallest absolute Gasteiger partial charge is 0.416 e. The first-order chi connectivity index (χ1) is 17.0. The van der Waals surface area contributed by atoms with Crippen LogP contribution in [0, 0.1) is 0 Å². The highest BCUT2D eigenvalue weighted by Gasteiger charge is 2.38. The molecule has 2 aromatic carbocycles. The van der Waals surface area contributed by atoms with Gasteiger partial charge < -0.3 is 9.47 Å². The van der Waals surface area contributed by atoms with E-state index in [-0.39, 0.29) is 17.7 Å². The zero-order valence-corrected chi connectivity index (χ0v) is 20.0. The Labute approximate surface area is 207 Å². The van der Waals surface area contributed by atoms with E-state index in [2.05, 4.69) is 14.3 Å². The standard InChI is InChI=1S/C24H23F6N3O2S/c1-34-22-31-20(32-36-22)13-33-9-5-8-19(21(33)16-6-3-2-4-7-16)35-14-15-10-17(23(25,26)27)12-18(11-15)24(28,29)30/h2-4,6-7,10-12,19,21H,5,8-9,13-14H2,1H3/t19-,21-/m0/s1. The Morgan fingerprint density at radius 1 is 1.00 bits per heavy atom. The van der Waals surface area contributed by atoms with Gasteiger partial charge in [-0.1, -0.05) is 30.3 Å². The molecule has 3 aromatic rings. The predicted molar refractivity (Wildman–Crippen MR) is 120 cm³/mol. The zero-order valence-electron chi connectivity index (χ0n) is 19.1. The maximum Gasteiger partial charge on any atom is 0.416 e. The molecule has 0 aliphatic carbocycles. The van der Waals surface area contributed by atoms with Crippen LogP contribution in [0.4, 0.5) is 26.3 Å². The van der Waals surface area contributed by atoms with Crippen molar-refractivity contribution >= 4 is 11.5 Å². The summed E-state index contributed by atoms with van der Waals surface area (Å²) < 4.78 is 95.0. The van der Waals surface area contributed by atoms with Gasteiger partial charge in [0.25, 0.3) is 5.19 Å². The maximum absolute atomic E-state index is 13.3. The van der Waals surface area contributed by atoms with E-state index >= 15 is 0 Å². The molecule has 12 heteroatoms. The number of aromatic nitrogens is 2. The lowest BCUT2D eigenvalue weighted by Crippen LogP contribution is -2.42. The molecule has 1 aliphatic rings. The van der Waals surface area contributed by atoms with E-state index < -0.39 is 36.2 Å². The minimum absolute atomic E-state index is 0.119. The fourth-order valence-corrected chi connectivity index (χ4v) is 4.83. The van der Waals surface area contributed by atoms with Crippen molar-refractivity contribution in [2.45, 2.75) is 50.5 Å². The third-order valence-electron chi connectivity index (χ3n) is 5.90. The van der Waals surface area contributed by atoms with Crippen LogP contribution in [0.3, 0.4) is 0 Å². The van der Waals surface area contributed by atoms with Crippen molar-refractivity contribution in [3.63, 3.8) is 0 Å². The summed E-state index contributed by atoms with van der Waals surface area (Å²) in [5, 5.41) is 0.427. The molecule has 0 saturated carbocycles. The molecule has 1 aliphatic heterocycles. The van der Waals surface area contributed by atoms with Crippen LogP contribution in [-0.2, 0) is 30.2 Å². The summed E-state index contributed by atoms with van der Waals surface area (Å²) in [6.45, 7) is 0.696. The lowest BCUT2D eigenvalue weighted by molar-refractivity contribution is -0.143. The first kappa shape index (κ1) is 26.4. The number of methoxy groups -OCH3 is 1. The van der Waals surface area contributed by atoms with Gasteiger partial charge in [-0.05, 0) is 48.7 Å². The highest BCUT2D eigenvalue weighted by molar-refractivity contribution is 7.07. The molecule has 36 heavy (non-hydrogen) atoms. The molecule has 1 fully saturated rings. The van der Waals surface area contributed by atoms with Crippen molar-refractivity contribution in [2.75, 3.05) is 13.7 Å². The van der Waals surface area contributed by atoms with Gasteiger partial charge in [0.05, 0.1) is 43.5 Å². The molecule has 2 heterocycles. The van der Waals surface area contributed by atoms with Gasteiger partial charge in [0, 0.05) is 11.5 Å². The van der Waals surface area contributed by atoms with E-state index in [4.69, 9.17) is 9.47 Å². The third kappa shape index (κ3) is 6.34. The van der Waals surface area contributed by atoms with Crippen molar-refractivity contribution in [1.29, 1.82) is 0 Å². The molecule has 0 amide bonds. The molecule has 0 N–H and O–H groups in total. The second-order valence-electron chi connectivity index (χ2n) is 8.41. The lowest BCUT2D eigenvalue weighted by atomic mass is 9.92. The second kappa shape index (κ2) is 10.7. The van der Waals surface area contributed by atoms with E-state index in [0.717, 1.165) is 23.5 Å². The molecule has 5 nitrogen and oxygen atoms in total. The van der Waals surface area contributed by atoms with Gasteiger partial charge in [-0.15, -0.1) is 0 Å². The highest BCUT2D eigenvalue weighted by atomic mass is 32.1. The summed E-state index contributed by atoms with van der Waals surface area (Å²) in [5.41, 5.74) is -1.98. The summed E-state index contributed by atoms with van der Waals surface area (Å²) >= 11 is 1.13. The Morgan fingerprint density at radius 2 is 1.67 bits per heavy atom. The largest absolute Gasteiger partial charge is 0.472 e. The number of halogens is 6. The minimum Gasteiger partial charge on any atom is -0.472 e. The first-order valence-electron chi connectivity index (χ1n) is 11.1. The van der Waals surface area contributed by atoms with Crippen molar-refractivity contribution in [3.8, 4) is 5.19 Å². The maximum atomic E-state index is 13.3. The van der Waals surface area contributed by atoms with Crippen molar-refractivity contribution < 1.29 is 35.8 Å². The molecule has 0 bridgehead atoms. The molecule has 0 spiro atoms. The van der Waals surface area contributed by atoms with Crippen LogP contribution in [0.25, 0.3) is 0 Å². The molecule has 194 valence electrons. The van der Waals surface area contributed by atoms with Crippen molar-refractivity contribution in [1.82, 2.24) is 14.3 Å². The predicted octanol–water partition coefficient (Wildman–Crippen LogP) is 6.51. The number of alkyl halides is 6. The van der Waals surface area contributed by atoms with Crippen molar-refractivity contribution in [2.24, 2.45) is 0 Å². The van der Waals surface area contributed by atoms with Crippen LogP contribution in [-0.4, -0.2) is 34.0 Å². The topological polar surface area (TPSA) is 47.5 Å². The molecule has 0 unspecified atom stereocenters. The summed E-state index contributed by atoms with van der Waals surface area (Å²) in [6.07, 6.45) is -8.97. The summed E-state index contributed by atoms with van der Waals surface area (Å²) in [4.78, 5) is 6.43. The zero-order chi connectivity index (χ0) is 25.9. The number of nitrogens with zero attached hydrogens (tertiary/aromatic N) is 3. The first-order valence-corrected chi connectivity index (χ1v) is 11.9. The van der Waals surface area contributed by atoms with Crippen LogP contribution in [0.1, 0.15) is 47.0 Å². The van der Waals surface area contributed by atoms with Crippen LogP contribution in [0.5, 0.6) is 5.19 Å². The Hall–Kier alpha value is -2.70. The average molecular weight is 532 g/mol. The van der Waals surface area contributed by atoms with E-state index in [1.165, 1.54) is 7.11 Å². The SMILES string of the molecule is COc1nc(CN2CCC[C@H](OCc3cc(C(F)(F)F)cc(C(F)(F)F)c3)[C@@H]2c2ccccc2)ns1. The van der Waals surface area contributed by atoms with Gasteiger partial charge in [-0.25, -0.2) is 0 Å². The number of piperidine rings is 1. The summed E-state index contributed by atoms with van der Waals surface area (Å²) in [7, 11) is 1.50. The van der Waals surface area contributed by atoms with E-state index in [9.17, 15) is 26.3 Å². The number of ether oxygens (including phenoxy) is 2. The number of hydrogen-bond donors (Lipinski definition) is 0. The molecule has 2 atom stereocenters. The lowest BCUT2D eigenvalue weighted by Gasteiger charge is -2.41. The Balaban J connectivity index is 1.59. The van der Waals surface area contributed by atoms with Crippen LogP contribution in [0.2, 0.25) is 0 Å². The highest BCUT2D eigenvalue weighted by Crippen LogP contribution is 2.38. The monoisotopic (exact) mass is 531 g/mol.